The molecule has 0 aliphatic carbocycles. The first-order chi connectivity index (χ1) is 16.2. The number of nitrogens with one attached hydrogen (secondary N) is 1. The van der Waals surface area contributed by atoms with E-state index in [1.165, 1.54) is 0 Å². The zero-order valence-corrected chi connectivity index (χ0v) is 18.5. The summed E-state index contributed by atoms with van der Waals surface area (Å²) in [5, 5.41) is 7.53. The van der Waals surface area contributed by atoms with Crippen LogP contribution < -0.4 is 5.32 Å². The van der Waals surface area contributed by atoms with Gasteiger partial charge in [0.25, 0.3) is 5.91 Å². The van der Waals surface area contributed by atoms with E-state index < -0.39 is 0 Å². The van der Waals surface area contributed by atoms with Crippen molar-refractivity contribution in [3.8, 4) is 34.0 Å². The summed E-state index contributed by atoms with van der Waals surface area (Å²) in [5.41, 5.74) is 5.43. The predicted octanol–water partition coefficient (Wildman–Crippen LogP) is 4.21. The highest BCUT2D eigenvalue weighted by Gasteiger charge is 2.18. The Morgan fingerprint density at radius 3 is 2.58 bits per heavy atom. The third-order valence-corrected chi connectivity index (χ3v) is 5.82. The fraction of sp³-hybridized carbons (Fsp3) is 0.231. The molecule has 2 aromatic carbocycles. The van der Waals surface area contributed by atoms with Crippen molar-refractivity contribution in [3.63, 3.8) is 0 Å². The van der Waals surface area contributed by atoms with Gasteiger partial charge in [0.2, 0.25) is 0 Å². The summed E-state index contributed by atoms with van der Waals surface area (Å²) in [6.45, 7) is 5.20. The monoisotopic (exact) mass is 439 g/mol. The van der Waals surface area contributed by atoms with Crippen LogP contribution in [-0.2, 0) is 0 Å². The molecule has 0 saturated carbocycles. The first kappa shape index (κ1) is 21.0. The van der Waals surface area contributed by atoms with Crippen LogP contribution in [0.3, 0.4) is 0 Å². The minimum Gasteiger partial charge on any atom is -0.354 e. The molecule has 3 heterocycles. The van der Waals surface area contributed by atoms with Gasteiger partial charge in [-0.25, -0.2) is 4.98 Å². The Kier molecular flexibility index (Phi) is 5.95. The number of aryl methyl sites for hydroxylation is 1. The molecule has 1 aliphatic heterocycles. The molecule has 0 unspecified atom stereocenters. The number of carbonyl (C=O) groups excluding carboxylic acids is 1. The highest BCUT2D eigenvalue weighted by Crippen LogP contribution is 2.28. The highest BCUT2D eigenvalue weighted by atomic mass is 16.5. The second-order valence-electron chi connectivity index (χ2n) is 8.10. The van der Waals surface area contributed by atoms with E-state index in [9.17, 15) is 4.79 Å². The van der Waals surface area contributed by atoms with Gasteiger partial charge in [0.1, 0.15) is 11.4 Å². The average molecular weight is 440 g/mol. The molecule has 1 aliphatic rings. The molecular weight excluding hydrogens is 414 g/mol. The van der Waals surface area contributed by atoms with E-state index in [0.717, 1.165) is 55.1 Å². The van der Waals surface area contributed by atoms with Crippen LogP contribution in [0.5, 0.6) is 0 Å². The number of carbonyl (C=O) groups is 1. The van der Waals surface area contributed by atoms with E-state index in [0.29, 0.717) is 22.7 Å². The number of aromatic nitrogens is 3. The molecule has 2 aromatic heterocycles. The lowest BCUT2D eigenvalue weighted by Crippen LogP contribution is -2.34. The zero-order valence-electron chi connectivity index (χ0n) is 18.5. The van der Waals surface area contributed by atoms with Gasteiger partial charge in [-0.15, -0.1) is 0 Å². The standard InChI is InChI=1S/C26H25N5O2/c1-18-25(24-16-22(30-33-24)19-6-3-2-4-7-19)29-23(17-28-18)20-8-10-21(11-9-20)26(32)31-14-5-12-27-13-15-31/h2-4,6-11,16-17,27H,5,12-15H2,1H3. The average Bonchev–Trinajstić information content (AvgIpc) is 3.19. The summed E-state index contributed by atoms with van der Waals surface area (Å²) in [6, 6.07) is 19.3. The van der Waals surface area contributed by atoms with Gasteiger partial charge in [-0.1, -0.05) is 47.6 Å². The molecule has 7 heteroatoms. The summed E-state index contributed by atoms with van der Waals surface area (Å²) < 4.78 is 5.60. The van der Waals surface area contributed by atoms with Crippen molar-refractivity contribution >= 4 is 5.91 Å². The number of amides is 1. The lowest BCUT2D eigenvalue weighted by atomic mass is 10.1. The van der Waals surface area contributed by atoms with Gasteiger partial charge >= 0.3 is 0 Å². The van der Waals surface area contributed by atoms with Gasteiger partial charge in [0, 0.05) is 42.4 Å². The third kappa shape index (κ3) is 4.54. The minimum absolute atomic E-state index is 0.0658. The van der Waals surface area contributed by atoms with Crippen LogP contribution in [0, 0.1) is 6.92 Å². The summed E-state index contributed by atoms with van der Waals surface area (Å²) in [4.78, 5) is 24.1. The van der Waals surface area contributed by atoms with Crippen LogP contribution in [0.15, 0.2) is 71.4 Å². The Morgan fingerprint density at radius 1 is 0.970 bits per heavy atom. The molecule has 0 radical (unpaired) electrons. The molecular formula is C26H25N5O2. The van der Waals surface area contributed by atoms with Gasteiger partial charge < -0.3 is 14.7 Å². The molecule has 5 rings (SSSR count). The molecule has 33 heavy (non-hydrogen) atoms. The Bertz CT molecular complexity index is 1240. The number of nitrogens with zero attached hydrogens (tertiary/aromatic N) is 4. The molecule has 1 amide bonds. The first-order valence-corrected chi connectivity index (χ1v) is 11.2. The van der Waals surface area contributed by atoms with Crippen molar-refractivity contribution < 1.29 is 9.32 Å². The van der Waals surface area contributed by atoms with E-state index >= 15 is 0 Å². The Morgan fingerprint density at radius 2 is 1.76 bits per heavy atom. The van der Waals surface area contributed by atoms with Crippen LogP contribution in [0.1, 0.15) is 22.5 Å². The molecule has 1 fully saturated rings. The second-order valence-corrected chi connectivity index (χ2v) is 8.10. The summed E-state index contributed by atoms with van der Waals surface area (Å²) in [5.74, 6) is 0.637. The van der Waals surface area contributed by atoms with E-state index in [4.69, 9.17) is 9.51 Å². The van der Waals surface area contributed by atoms with Crippen LogP contribution in [0.4, 0.5) is 0 Å². The highest BCUT2D eigenvalue weighted by molar-refractivity contribution is 5.94. The quantitative estimate of drug-likeness (QED) is 0.513. The summed E-state index contributed by atoms with van der Waals surface area (Å²) >= 11 is 0. The maximum atomic E-state index is 12.9. The van der Waals surface area contributed by atoms with E-state index in [1.807, 2.05) is 72.5 Å². The summed E-state index contributed by atoms with van der Waals surface area (Å²) in [6.07, 6.45) is 2.71. The normalized spacial score (nSPS) is 14.2. The van der Waals surface area contributed by atoms with Crippen molar-refractivity contribution in [2.45, 2.75) is 13.3 Å². The van der Waals surface area contributed by atoms with Gasteiger partial charge in [-0.05, 0) is 32.0 Å². The van der Waals surface area contributed by atoms with E-state index in [2.05, 4.69) is 15.5 Å². The zero-order chi connectivity index (χ0) is 22.6. The predicted molar refractivity (Wildman–Crippen MR) is 127 cm³/mol. The smallest absolute Gasteiger partial charge is 0.253 e. The van der Waals surface area contributed by atoms with Gasteiger partial charge in [-0.3, -0.25) is 9.78 Å². The lowest BCUT2D eigenvalue weighted by molar-refractivity contribution is 0.0766. The molecule has 1 saturated heterocycles. The lowest BCUT2D eigenvalue weighted by Gasteiger charge is -2.20. The van der Waals surface area contributed by atoms with Gasteiger partial charge in [0.15, 0.2) is 5.76 Å². The topological polar surface area (TPSA) is 84.2 Å². The summed E-state index contributed by atoms with van der Waals surface area (Å²) in [7, 11) is 0. The molecule has 166 valence electrons. The van der Waals surface area contributed by atoms with Gasteiger partial charge in [0.05, 0.1) is 17.6 Å². The number of rotatable bonds is 4. The van der Waals surface area contributed by atoms with E-state index in [-0.39, 0.29) is 5.91 Å². The fourth-order valence-electron chi connectivity index (χ4n) is 3.97. The Hall–Kier alpha value is -3.84. The minimum atomic E-state index is 0.0658. The van der Waals surface area contributed by atoms with Crippen molar-refractivity contribution in [2.75, 3.05) is 26.2 Å². The first-order valence-electron chi connectivity index (χ1n) is 11.2. The van der Waals surface area contributed by atoms with Crippen LogP contribution in [0.25, 0.3) is 34.0 Å². The Labute approximate surface area is 192 Å². The Balaban J connectivity index is 1.39. The molecule has 4 aromatic rings. The molecule has 7 nitrogen and oxygen atoms in total. The number of hydrogen-bond acceptors (Lipinski definition) is 6. The molecule has 0 atom stereocenters. The molecule has 1 N–H and O–H groups in total. The van der Waals surface area contributed by atoms with Gasteiger partial charge in [-0.2, -0.15) is 0 Å². The van der Waals surface area contributed by atoms with Crippen molar-refractivity contribution in [1.29, 1.82) is 0 Å². The molecule has 0 bridgehead atoms. The largest absolute Gasteiger partial charge is 0.354 e. The van der Waals surface area contributed by atoms with Crippen molar-refractivity contribution in [2.24, 2.45) is 0 Å². The van der Waals surface area contributed by atoms with Crippen LogP contribution in [-0.4, -0.2) is 52.1 Å². The van der Waals surface area contributed by atoms with Crippen molar-refractivity contribution in [3.05, 3.63) is 78.1 Å². The fourth-order valence-corrected chi connectivity index (χ4v) is 3.97. The van der Waals surface area contributed by atoms with E-state index in [1.54, 1.807) is 6.20 Å². The SMILES string of the molecule is Cc1ncc(-c2ccc(C(=O)N3CCCNCC3)cc2)nc1-c1cc(-c2ccccc2)no1. The molecule has 0 spiro atoms. The van der Waals surface area contributed by atoms with Crippen molar-refractivity contribution in [1.82, 2.24) is 25.3 Å². The number of hydrogen-bond donors (Lipinski definition) is 1. The van der Waals surface area contributed by atoms with Crippen LogP contribution in [0.2, 0.25) is 0 Å². The third-order valence-electron chi connectivity index (χ3n) is 5.82. The maximum Gasteiger partial charge on any atom is 0.253 e. The second kappa shape index (κ2) is 9.34. The number of benzene rings is 2. The maximum absolute atomic E-state index is 12.9. The van der Waals surface area contributed by atoms with Crippen LogP contribution >= 0.6 is 0 Å².